The molecule has 138 valence electrons. The molecule has 3 aromatic rings. The smallest absolute Gasteiger partial charge is 0.191 e. The van der Waals surface area contributed by atoms with Gasteiger partial charge < -0.3 is 10.6 Å². The Bertz CT molecular complexity index is 828. The topological polar surface area (TPSA) is 67.1 Å². The van der Waals surface area contributed by atoms with Gasteiger partial charge in [0.15, 0.2) is 5.96 Å². The van der Waals surface area contributed by atoms with Crippen LogP contribution in [0.2, 0.25) is 0 Å². The van der Waals surface area contributed by atoms with Crippen LogP contribution in [-0.2, 0) is 19.6 Å². The molecule has 0 aliphatic heterocycles. The molecule has 0 fully saturated rings. The summed E-state index contributed by atoms with van der Waals surface area (Å²) in [5.74, 6) is 0.769. The maximum atomic E-state index is 4.35. The van der Waals surface area contributed by atoms with Crippen molar-refractivity contribution < 1.29 is 0 Å². The first-order valence-electron chi connectivity index (χ1n) is 8.14. The number of rotatable bonds is 6. The van der Waals surface area contributed by atoms with Gasteiger partial charge in [-0.3, -0.25) is 9.67 Å². The summed E-state index contributed by atoms with van der Waals surface area (Å²) in [6.45, 7) is 4.22. The van der Waals surface area contributed by atoms with Crippen LogP contribution >= 0.6 is 35.3 Å². The van der Waals surface area contributed by atoms with Crippen LogP contribution in [0.25, 0.3) is 0 Å². The largest absolute Gasteiger partial charge is 0.352 e. The van der Waals surface area contributed by atoms with Crippen molar-refractivity contribution in [3.63, 3.8) is 0 Å². The highest BCUT2D eigenvalue weighted by Gasteiger charge is 2.03. The number of aliphatic imine (C=N–C) groups is 1. The number of aromatic nitrogens is 3. The number of halogens is 1. The monoisotopic (exact) mass is 482 g/mol. The van der Waals surface area contributed by atoms with Crippen molar-refractivity contribution in [2.75, 3.05) is 7.05 Å². The molecule has 2 heterocycles. The van der Waals surface area contributed by atoms with Gasteiger partial charge in [-0.15, -0.1) is 35.3 Å². The van der Waals surface area contributed by atoms with Crippen molar-refractivity contribution in [2.45, 2.75) is 26.6 Å². The number of aryl methyl sites for hydroxylation is 1. The zero-order valence-corrected chi connectivity index (χ0v) is 18.0. The Balaban J connectivity index is 0.00000243. The van der Waals surface area contributed by atoms with Gasteiger partial charge in [0.1, 0.15) is 5.01 Å². The Morgan fingerprint density at radius 2 is 2.00 bits per heavy atom. The van der Waals surface area contributed by atoms with Crippen molar-refractivity contribution in [1.82, 2.24) is 25.4 Å². The van der Waals surface area contributed by atoms with Crippen LogP contribution in [0.1, 0.15) is 21.0 Å². The van der Waals surface area contributed by atoms with E-state index in [1.807, 2.05) is 23.1 Å². The molecule has 2 N–H and O–H groups in total. The molecule has 1 aromatic carbocycles. The zero-order chi connectivity index (χ0) is 17.5. The minimum atomic E-state index is 0. The summed E-state index contributed by atoms with van der Waals surface area (Å²) in [6, 6.07) is 10.4. The molecule has 0 spiro atoms. The second-order valence-corrected chi connectivity index (χ2v) is 6.99. The lowest BCUT2D eigenvalue weighted by Crippen LogP contribution is -2.36. The first kappa shape index (κ1) is 20.4. The zero-order valence-electron chi connectivity index (χ0n) is 14.8. The number of nitrogens with zero attached hydrogens (tertiary/aromatic N) is 4. The normalized spacial score (nSPS) is 11.1. The van der Waals surface area contributed by atoms with E-state index in [0.717, 1.165) is 17.5 Å². The molecule has 0 aliphatic carbocycles. The molecule has 6 nitrogen and oxygen atoms in total. The van der Waals surface area contributed by atoms with Crippen LogP contribution in [0, 0.1) is 6.92 Å². The van der Waals surface area contributed by atoms with E-state index in [0.29, 0.717) is 13.1 Å². The maximum absolute atomic E-state index is 4.35. The van der Waals surface area contributed by atoms with Gasteiger partial charge in [0.25, 0.3) is 0 Å². The third-order valence-corrected chi connectivity index (χ3v) is 4.57. The lowest BCUT2D eigenvalue weighted by atomic mass is 10.1. The molecule has 0 saturated heterocycles. The van der Waals surface area contributed by atoms with Crippen LogP contribution in [0.15, 0.2) is 53.9 Å². The van der Waals surface area contributed by atoms with E-state index in [9.17, 15) is 0 Å². The summed E-state index contributed by atoms with van der Waals surface area (Å²) in [4.78, 5) is 9.83. The fraction of sp³-hybridized carbons (Fsp3) is 0.278. The van der Waals surface area contributed by atoms with Crippen molar-refractivity contribution in [1.29, 1.82) is 0 Å². The molecule has 0 unspecified atom stereocenters. The van der Waals surface area contributed by atoms with Crippen LogP contribution in [0.4, 0.5) is 0 Å². The van der Waals surface area contributed by atoms with Gasteiger partial charge in [0.05, 0.1) is 13.1 Å². The summed E-state index contributed by atoms with van der Waals surface area (Å²) in [5.41, 5.74) is 2.43. The number of thiazole rings is 1. The molecule has 8 heteroatoms. The number of hydrogen-bond donors (Lipinski definition) is 2. The molecule has 0 aliphatic rings. The first-order chi connectivity index (χ1) is 12.2. The van der Waals surface area contributed by atoms with E-state index >= 15 is 0 Å². The minimum Gasteiger partial charge on any atom is -0.352 e. The summed E-state index contributed by atoms with van der Waals surface area (Å²) < 4.78 is 1.92. The average molecular weight is 482 g/mol. The number of hydrogen-bond acceptors (Lipinski definition) is 4. The molecule has 0 saturated carbocycles. The highest BCUT2D eigenvalue weighted by molar-refractivity contribution is 14.0. The summed E-state index contributed by atoms with van der Waals surface area (Å²) in [5, 5.41) is 11.9. The Hall–Kier alpha value is -1.94. The van der Waals surface area contributed by atoms with Crippen LogP contribution in [0.5, 0.6) is 0 Å². The Morgan fingerprint density at radius 3 is 2.69 bits per heavy atom. The van der Waals surface area contributed by atoms with Gasteiger partial charge in [-0.2, -0.15) is 5.10 Å². The number of nitrogens with one attached hydrogen (secondary N) is 2. The molecule has 26 heavy (non-hydrogen) atoms. The highest BCUT2D eigenvalue weighted by Crippen LogP contribution is 2.10. The summed E-state index contributed by atoms with van der Waals surface area (Å²) >= 11 is 1.69. The molecule has 0 amide bonds. The lowest BCUT2D eigenvalue weighted by molar-refractivity contribution is 0.685. The second-order valence-electron chi connectivity index (χ2n) is 5.67. The molecule has 3 rings (SSSR count). The molecular formula is C18H23IN6S. The SMILES string of the molecule is CN=C(NCc1cccc(Cn2cccn2)c1)NCc1ncc(C)s1.I. The van der Waals surface area contributed by atoms with Crippen LogP contribution in [0.3, 0.4) is 0 Å². The van der Waals surface area contributed by atoms with Crippen molar-refractivity contribution in [3.05, 3.63) is 69.9 Å². The average Bonchev–Trinajstić information content (AvgIpc) is 3.27. The Labute approximate surface area is 174 Å². The predicted molar refractivity (Wildman–Crippen MR) is 117 cm³/mol. The molecule has 0 bridgehead atoms. The van der Waals surface area contributed by atoms with E-state index < -0.39 is 0 Å². The number of benzene rings is 1. The molecule has 0 atom stereocenters. The molecule has 0 radical (unpaired) electrons. The quantitative estimate of drug-likeness (QED) is 0.322. The van der Waals surface area contributed by atoms with E-state index in [2.05, 4.69) is 56.9 Å². The van der Waals surface area contributed by atoms with Crippen molar-refractivity contribution in [3.8, 4) is 0 Å². The van der Waals surface area contributed by atoms with Gasteiger partial charge in [-0.1, -0.05) is 24.3 Å². The third kappa shape index (κ3) is 6.10. The minimum absolute atomic E-state index is 0. The first-order valence-corrected chi connectivity index (χ1v) is 8.95. The molecule has 2 aromatic heterocycles. The van der Waals surface area contributed by atoms with Gasteiger partial charge in [0, 0.05) is 37.1 Å². The van der Waals surface area contributed by atoms with Crippen molar-refractivity contribution >= 4 is 41.3 Å². The third-order valence-electron chi connectivity index (χ3n) is 3.65. The summed E-state index contributed by atoms with van der Waals surface area (Å²) in [7, 11) is 1.77. The van der Waals surface area contributed by atoms with Gasteiger partial charge in [-0.05, 0) is 24.1 Å². The van der Waals surface area contributed by atoms with Gasteiger partial charge in [0.2, 0.25) is 0 Å². The van der Waals surface area contributed by atoms with Crippen molar-refractivity contribution in [2.24, 2.45) is 4.99 Å². The van der Waals surface area contributed by atoms with Crippen LogP contribution < -0.4 is 10.6 Å². The Morgan fingerprint density at radius 1 is 1.19 bits per heavy atom. The number of guanidine groups is 1. The Kier molecular flexibility index (Phi) is 8.05. The maximum Gasteiger partial charge on any atom is 0.191 e. The standard InChI is InChI=1S/C18H22N6S.HI/c1-14-10-20-17(25-14)12-22-18(19-2)21-11-15-5-3-6-16(9-15)13-24-8-4-7-23-24;/h3-10H,11-13H2,1-2H3,(H2,19,21,22);1H. The van der Waals surface area contributed by atoms with Gasteiger partial charge in [-0.25, -0.2) is 4.98 Å². The van der Waals surface area contributed by atoms with Crippen LogP contribution in [-0.4, -0.2) is 27.8 Å². The van der Waals surface area contributed by atoms with E-state index in [1.165, 1.54) is 16.0 Å². The fourth-order valence-electron chi connectivity index (χ4n) is 2.47. The second kappa shape index (κ2) is 10.3. The fourth-order valence-corrected chi connectivity index (χ4v) is 3.19. The molecular weight excluding hydrogens is 459 g/mol. The predicted octanol–water partition coefficient (Wildman–Crippen LogP) is 3.18. The van der Waals surface area contributed by atoms with E-state index in [-0.39, 0.29) is 24.0 Å². The summed E-state index contributed by atoms with van der Waals surface area (Å²) in [6.07, 6.45) is 5.66. The van der Waals surface area contributed by atoms with Gasteiger partial charge >= 0.3 is 0 Å². The van der Waals surface area contributed by atoms with E-state index in [4.69, 9.17) is 0 Å². The van der Waals surface area contributed by atoms with E-state index in [1.54, 1.807) is 24.6 Å². The highest BCUT2D eigenvalue weighted by atomic mass is 127. The lowest BCUT2D eigenvalue weighted by Gasteiger charge is -2.12.